The Kier molecular flexibility index (Phi) is 8.15. The molecule has 0 aliphatic carbocycles. The fourth-order valence-corrected chi connectivity index (χ4v) is 3.14. The van der Waals surface area contributed by atoms with E-state index in [9.17, 15) is 14.4 Å². The summed E-state index contributed by atoms with van der Waals surface area (Å²) >= 11 is 0. The summed E-state index contributed by atoms with van der Waals surface area (Å²) in [4.78, 5) is 37.4. The van der Waals surface area contributed by atoms with Crippen molar-refractivity contribution < 1.29 is 19.1 Å². The van der Waals surface area contributed by atoms with Crippen LogP contribution in [0, 0.1) is 0 Å². The van der Waals surface area contributed by atoms with Gasteiger partial charge in [-0.15, -0.1) is 0 Å². The summed E-state index contributed by atoms with van der Waals surface area (Å²) in [5.74, 6) is -1.16. The fourth-order valence-electron chi connectivity index (χ4n) is 3.14. The molecule has 2 N–H and O–H groups in total. The van der Waals surface area contributed by atoms with Crippen LogP contribution in [0.3, 0.4) is 0 Å². The molecule has 3 rings (SSSR count). The van der Waals surface area contributed by atoms with Crippen LogP contribution in [0.25, 0.3) is 0 Å². The Bertz CT molecular complexity index is 1020. The lowest BCUT2D eigenvalue weighted by atomic mass is 10.1. The summed E-state index contributed by atoms with van der Waals surface area (Å²) in [6, 6.07) is 25.9. The number of carbonyl (C=O) groups excluding carboxylic acids is 3. The molecule has 0 saturated carbocycles. The number of esters is 1. The summed E-state index contributed by atoms with van der Waals surface area (Å²) in [5, 5.41) is 5.57. The topological polar surface area (TPSA) is 84.5 Å². The molecule has 0 spiro atoms. The van der Waals surface area contributed by atoms with Crippen molar-refractivity contribution in [2.24, 2.45) is 0 Å². The van der Waals surface area contributed by atoms with Crippen LogP contribution in [0.2, 0.25) is 0 Å². The molecular weight excluding hydrogens is 404 g/mol. The molecule has 3 aromatic rings. The second kappa shape index (κ2) is 11.5. The SMILES string of the molecule is CC(NC(=O)c1ccccc1)C(=O)OCC(Cc1ccccc1)NC(=O)c1ccccc1. The Morgan fingerprint density at radius 2 is 1.19 bits per heavy atom. The second-order valence-corrected chi connectivity index (χ2v) is 7.42. The third-order valence-corrected chi connectivity index (χ3v) is 4.86. The molecular formula is C26H26N2O4. The van der Waals surface area contributed by atoms with Gasteiger partial charge < -0.3 is 15.4 Å². The number of ether oxygens (including phenoxy) is 1. The number of hydrogen-bond donors (Lipinski definition) is 2. The van der Waals surface area contributed by atoms with E-state index in [1.54, 1.807) is 55.5 Å². The molecule has 0 radical (unpaired) electrons. The summed E-state index contributed by atoms with van der Waals surface area (Å²) in [6.07, 6.45) is 0.497. The predicted octanol–water partition coefficient (Wildman–Crippen LogP) is 3.39. The molecule has 0 heterocycles. The van der Waals surface area contributed by atoms with Crippen molar-refractivity contribution in [1.29, 1.82) is 0 Å². The Labute approximate surface area is 187 Å². The van der Waals surface area contributed by atoms with E-state index in [0.717, 1.165) is 5.56 Å². The first-order chi connectivity index (χ1) is 15.5. The standard InChI is InChI=1S/C26H26N2O4/c1-19(27-24(29)21-13-7-3-8-14-21)26(31)32-18-23(17-20-11-5-2-6-12-20)28-25(30)22-15-9-4-10-16-22/h2-16,19,23H,17-18H2,1H3,(H,27,29)(H,28,30). The Morgan fingerprint density at radius 3 is 1.72 bits per heavy atom. The summed E-state index contributed by atoms with van der Waals surface area (Å²) in [5.41, 5.74) is 2.00. The first-order valence-corrected chi connectivity index (χ1v) is 10.5. The Hall–Kier alpha value is -3.93. The van der Waals surface area contributed by atoms with Crippen molar-refractivity contribution in [3.05, 3.63) is 108 Å². The van der Waals surface area contributed by atoms with Gasteiger partial charge in [-0.3, -0.25) is 9.59 Å². The highest BCUT2D eigenvalue weighted by atomic mass is 16.5. The van der Waals surface area contributed by atoms with E-state index < -0.39 is 18.1 Å². The van der Waals surface area contributed by atoms with Gasteiger partial charge in [0.05, 0.1) is 6.04 Å². The quantitative estimate of drug-likeness (QED) is 0.510. The Balaban J connectivity index is 1.60. The van der Waals surface area contributed by atoms with Gasteiger partial charge in [0, 0.05) is 11.1 Å². The van der Waals surface area contributed by atoms with Gasteiger partial charge in [-0.2, -0.15) is 0 Å². The maximum absolute atomic E-state index is 12.6. The highest BCUT2D eigenvalue weighted by Gasteiger charge is 2.21. The lowest BCUT2D eigenvalue weighted by Gasteiger charge is -2.21. The number of carbonyl (C=O) groups is 3. The highest BCUT2D eigenvalue weighted by molar-refractivity contribution is 5.96. The molecule has 0 aromatic heterocycles. The lowest BCUT2D eigenvalue weighted by Crippen LogP contribution is -2.44. The molecule has 0 aliphatic rings. The van der Waals surface area contributed by atoms with Crippen LogP contribution in [0.15, 0.2) is 91.0 Å². The zero-order valence-electron chi connectivity index (χ0n) is 17.9. The molecule has 0 aliphatic heterocycles. The second-order valence-electron chi connectivity index (χ2n) is 7.42. The van der Waals surface area contributed by atoms with Crippen molar-refractivity contribution >= 4 is 17.8 Å². The van der Waals surface area contributed by atoms with Crippen molar-refractivity contribution in [2.45, 2.75) is 25.4 Å². The van der Waals surface area contributed by atoms with E-state index in [2.05, 4.69) is 10.6 Å². The minimum Gasteiger partial charge on any atom is -0.462 e. The zero-order chi connectivity index (χ0) is 22.8. The maximum Gasteiger partial charge on any atom is 0.328 e. The average Bonchev–Trinajstić information content (AvgIpc) is 2.84. The molecule has 0 bridgehead atoms. The molecule has 2 atom stereocenters. The number of nitrogens with one attached hydrogen (secondary N) is 2. The summed E-state index contributed by atoms with van der Waals surface area (Å²) in [6.45, 7) is 1.55. The molecule has 6 nitrogen and oxygen atoms in total. The first kappa shape index (κ1) is 22.7. The molecule has 2 amide bonds. The number of amides is 2. The summed E-state index contributed by atoms with van der Waals surface area (Å²) in [7, 11) is 0. The van der Waals surface area contributed by atoms with Crippen LogP contribution in [0.4, 0.5) is 0 Å². The molecule has 164 valence electrons. The van der Waals surface area contributed by atoms with Crippen LogP contribution in [-0.2, 0) is 16.0 Å². The predicted molar refractivity (Wildman–Crippen MR) is 122 cm³/mol. The molecule has 0 saturated heterocycles. The van der Waals surface area contributed by atoms with Crippen LogP contribution in [0.1, 0.15) is 33.2 Å². The van der Waals surface area contributed by atoms with E-state index in [0.29, 0.717) is 17.5 Å². The lowest BCUT2D eigenvalue weighted by molar-refractivity contribution is -0.146. The van der Waals surface area contributed by atoms with Gasteiger partial charge in [0.15, 0.2) is 0 Å². The van der Waals surface area contributed by atoms with Crippen LogP contribution in [-0.4, -0.2) is 36.5 Å². The van der Waals surface area contributed by atoms with Gasteiger partial charge in [0.1, 0.15) is 12.6 Å². The van der Waals surface area contributed by atoms with E-state index in [4.69, 9.17) is 4.74 Å². The average molecular weight is 431 g/mol. The number of hydrogen-bond acceptors (Lipinski definition) is 4. The van der Waals surface area contributed by atoms with E-state index in [-0.39, 0.29) is 18.4 Å². The number of rotatable bonds is 9. The number of benzene rings is 3. The molecule has 0 fully saturated rings. The smallest absolute Gasteiger partial charge is 0.328 e. The molecule has 3 aromatic carbocycles. The fraction of sp³-hybridized carbons (Fsp3) is 0.192. The van der Waals surface area contributed by atoms with Gasteiger partial charge >= 0.3 is 5.97 Å². The van der Waals surface area contributed by atoms with E-state index in [1.807, 2.05) is 42.5 Å². The van der Waals surface area contributed by atoms with Gasteiger partial charge in [-0.05, 0) is 43.2 Å². The van der Waals surface area contributed by atoms with Crippen molar-refractivity contribution in [3.63, 3.8) is 0 Å². The largest absolute Gasteiger partial charge is 0.462 e. The molecule has 32 heavy (non-hydrogen) atoms. The first-order valence-electron chi connectivity index (χ1n) is 10.5. The van der Waals surface area contributed by atoms with Crippen LogP contribution < -0.4 is 10.6 Å². The minimum absolute atomic E-state index is 0.0160. The monoisotopic (exact) mass is 430 g/mol. The van der Waals surface area contributed by atoms with Gasteiger partial charge in [0.2, 0.25) is 0 Å². The maximum atomic E-state index is 12.6. The van der Waals surface area contributed by atoms with Gasteiger partial charge in [0.25, 0.3) is 11.8 Å². The summed E-state index contributed by atoms with van der Waals surface area (Å²) < 4.78 is 5.44. The van der Waals surface area contributed by atoms with Crippen molar-refractivity contribution in [1.82, 2.24) is 10.6 Å². The molecule has 2 unspecified atom stereocenters. The minimum atomic E-state index is -0.829. The van der Waals surface area contributed by atoms with Gasteiger partial charge in [-0.25, -0.2) is 4.79 Å². The van der Waals surface area contributed by atoms with Crippen LogP contribution in [0.5, 0.6) is 0 Å². The van der Waals surface area contributed by atoms with E-state index >= 15 is 0 Å². The van der Waals surface area contributed by atoms with Crippen molar-refractivity contribution in [2.75, 3.05) is 6.61 Å². The highest BCUT2D eigenvalue weighted by Crippen LogP contribution is 2.07. The molecule has 6 heteroatoms. The zero-order valence-corrected chi connectivity index (χ0v) is 17.9. The third kappa shape index (κ3) is 6.80. The van der Waals surface area contributed by atoms with E-state index in [1.165, 1.54) is 0 Å². The van der Waals surface area contributed by atoms with Crippen LogP contribution >= 0.6 is 0 Å². The third-order valence-electron chi connectivity index (χ3n) is 4.86. The van der Waals surface area contributed by atoms with Crippen molar-refractivity contribution in [3.8, 4) is 0 Å². The Morgan fingerprint density at radius 1 is 0.719 bits per heavy atom. The normalized spacial score (nSPS) is 12.3. The van der Waals surface area contributed by atoms with Gasteiger partial charge in [-0.1, -0.05) is 66.7 Å².